The van der Waals surface area contributed by atoms with Crippen molar-refractivity contribution in [2.45, 2.75) is 0 Å². The number of hydrogen-bond donors (Lipinski definition) is 0. The van der Waals surface area contributed by atoms with E-state index in [-0.39, 0.29) is 16.8 Å². The zero-order valence-electron chi connectivity index (χ0n) is 15.0. The smallest absolute Gasteiger partial charge is 0.696 e. The van der Waals surface area contributed by atoms with Gasteiger partial charge in [-0.15, -0.1) is 0 Å². The molecule has 4 aromatic heterocycles. The van der Waals surface area contributed by atoms with E-state index >= 15 is 0 Å². The van der Waals surface area contributed by atoms with E-state index in [0.717, 1.165) is 0 Å². The number of rotatable bonds is 0. The minimum atomic E-state index is 0. The van der Waals surface area contributed by atoms with Gasteiger partial charge in [-0.05, 0) is 48.5 Å². The third-order valence-corrected chi connectivity index (χ3v) is 2.27. The molecule has 0 atom stereocenters. The third-order valence-electron chi connectivity index (χ3n) is 2.27. The molecule has 0 saturated carbocycles. The number of nitrogens with zero attached hydrogens (tertiary/aromatic N) is 5. The molecule has 4 heterocycles. The molecule has 1 radical (unpaired) electrons. The topological polar surface area (TPSA) is 75.3 Å². The van der Waals surface area contributed by atoms with Crippen molar-refractivity contribution in [1.82, 2.24) is 19.9 Å². The van der Waals surface area contributed by atoms with Crippen LogP contribution < -0.4 is 0 Å². The van der Waals surface area contributed by atoms with Gasteiger partial charge in [-0.3, -0.25) is 19.9 Å². The van der Waals surface area contributed by atoms with E-state index < -0.39 is 0 Å². The molecular formula is C21H20CoN5S+. The molecule has 7 heteroatoms. The van der Waals surface area contributed by atoms with Gasteiger partial charge in [-0.2, -0.15) is 0 Å². The Labute approximate surface area is 182 Å². The molecule has 4 aromatic rings. The van der Waals surface area contributed by atoms with Gasteiger partial charge in [-0.25, -0.2) is 5.26 Å². The summed E-state index contributed by atoms with van der Waals surface area (Å²) in [7, 11) is 0. The molecule has 0 aliphatic heterocycles. The largest absolute Gasteiger partial charge is 2.00 e. The Morgan fingerprint density at radius 3 is 0.607 bits per heavy atom. The standard InChI is InChI=1S/4C5H5N.CHNS.Co/c4*1-2-4-6-5-3-1;2-1-3;/h4*1-5H;3H;/q;;;;;+2/p-1. The van der Waals surface area contributed by atoms with E-state index in [2.05, 4.69) is 32.6 Å². The molecule has 4 rings (SSSR count). The van der Waals surface area contributed by atoms with Gasteiger partial charge in [0.05, 0.1) is 0 Å². The first-order valence-corrected chi connectivity index (χ1v) is 8.23. The molecule has 0 aromatic carbocycles. The molecule has 0 aliphatic rings. The van der Waals surface area contributed by atoms with Gasteiger partial charge in [0.2, 0.25) is 0 Å². The molecule has 0 bridgehead atoms. The zero-order chi connectivity index (χ0) is 19.7. The maximum absolute atomic E-state index is 7.13. The van der Waals surface area contributed by atoms with Crippen LogP contribution in [0.3, 0.4) is 0 Å². The molecule has 28 heavy (non-hydrogen) atoms. The molecule has 0 aliphatic carbocycles. The van der Waals surface area contributed by atoms with E-state index in [0.29, 0.717) is 0 Å². The summed E-state index contributed by atoms with van der Waals surface area (Å²) < 4.78 is 0. The normalized spacial score (nSPS) is 7.11. The Kier molecular flexibility index (Phi) is 25.2. The van der Waals surface area contributed by atoms with Crippen molar-refractivity contribution in [3.05, 3.63) is 122 Å². The average molecular weight is 433 g/mol. The second-order valence-electron chi connectivity index (χ2n) is 4.19. The summed E-state index contributed by atoms with van der Waals surface area (Å²) in [4.78, 5) is 15.1. The Morgan fingerprint density at radius 1 is 0.429 bits per heavy atom. The maximum atomic E-state index is 7.13. The number of thiocyanates is 1. The van der Waals surface area contributed by atoms with Crippen LogP contribution in [0.2, 0.25) is 0 Å². The summed E-state index contributed by atoms with van der Waals surface area (Å²) in [6.07, 6.45) is 14.0. The van der Waals surface area contributed by atoms with E-state index in [4.69, 9.17) is 5.26 Å². The van der Waals surface area contributed by atoms with Gasteiger partial charge in [0.15, 0.2) is 0 Å². The zero-order valence-corrected chi connectivity index (χ0v) is 16.9. The number of hydrogen-bond acceptors (Lipinski definition) is 6. The molecule has 0 fully saturated rings. The van der Waals surface area contributed by atoms with Crippen LogP contribution in [0, 0.1) is 10.7 Å². The average Bonchev–Trinajstić information content (AvgIpc) is 2.80. The van der Waals surface area contributed by atoms with Gasteiger partial charge in [0, 0.05) is 49.6 Å². The fraction of sp³-hybridized carbons (Fsp3) is 0. The summed E-state index contributed by atoms with van der Waals surface area (Å²) in [5.41, 5.74) is 0. The summed E-state index contributed by atoms with van der Waals surface area (Å²) in [6, 6.07) is 22.9. The maximum Gasteiger partial charge on any atom is 2.00 e. The predicted molar refractivity (Wildman–Crippen MR) is 110 cm³/mol. The first kappa shape index (κ1) is 27.0. The SMILES string of the molecule is N#C[S-].[Co+2].c1ccncc1.c1ccncc1.c1ccncc1.c1ccncc1. The molecule has 0 unspecified atom stereocenters. The van der Waals surface area contributed by atoms with Crippen LogP contribution in [0.25, 0.3) is 0 Å². The van der Waals surface area contributed by atoms with Crippen molar-refractivity contribution in [2.24, 2.45) is 0 Å². The summed E-state index contributed by atoms with van der Waals surface area (Å²) >= 11 is 3.70. The van der Waals surface area contributed by atoms with Gasteiger partial charge >= 0.3 is 16.8 Å². The van der Waals surface area contributed by atoms with Crippen molar-refractivity contribution in [1.29, 1.82) is 5.26 Å². The molecule has 0 amide bonds. The van der Waals surface area contributed by atoms with Gasteiger partial charge in [0.25, 0.3) is 0 Å². The van der Waals surface area contributed by atoms with Crippen molar-refractivity contribution in [2.75, 3.05) is 0 Å². The van der Waals surface area contributed by atoms with Crippen LogP contribution in [-0.4, -0.2) is 19.9 Å². The van der Waals surface area contributed by atoms with Crippen molar-refractivity contribution < 1.29 is 16.8 Å². The van der Waals surface area contributed by atoms with Crippen molar-refractivity contribution in [3.8, 4) is 5.40 Å². The number of nitriles is 1. The number of aromatic nitrogens is 4. The fourth-order valence-corrected chi connectivity index (χ4v) is 1.25. The van der Waals surface area contributed by atoms with Crippen LogP contribution in [0.1, 0.15) is 0 Å². The van der Waals surface area contributed by atoms with Crippen molar-refractivity contribution in [3.63, 3.8) is 0 Å². The second-order valence-corrected chi connectivity index (χ2v) is 4.37. The predicted octanol–water partition coefficient (Wildman–Crippen LogP) is 4.34. The first-order valence-electron chi connectivity index (χ1n) is 7.83. The first-order chi connectivity index (χ1) is 13.4. The van der Waals surface area contributed by atoms with E-state index in [1.807, 2.05) is 72.8 Å². The van der Waals surface area contributed by atoms with Gasteiger partial charge < -0.3 is 12.6 Å². The molecular weight excluding hydrogens is 413 g/mol. The van der Waals surface area contributed by atoms with E-state index in [9.17, 15) is 0 Å². The second kappa shape index (κ2) is 26.0. The fourth-order valence-electron chi connectivity index (χ4n) is 1.25. The van der Waals surface area contributed by atoms with Crippen LogP contribution in [-0.2, 0) is 29.4 Å². The minimum Gasteiger partial charge on any atom is -0.696 e. The Hall–Kier alpha value is -3.18. The monoisotopic (exact) mass is 433 g/mol. The minimum absolute atomic E-state index is 0. The van der Waals surface area contributed by atoms with Crippen molar-refractivity contribution >= 4 is 12.6 Å². The van der Waals surface area contributed by atoms with Crippen LogP contribution >= 0.6 is 0 Å². The molecule has 143 valence electrons. The van der Waals surface area contributed by atoms with Crippen LogP contribution in [0.15, 0.2) is 122 Å². The molecule has 0 N–H and O–H groups in total. The quantitative estimate of drug-likeness (QED) is 0.303. The Bertz CT molecular complexity index is 525. The van der Waals surface area contributed by atoms with Gasteiger partial charge in [-0.1, -0.05) is 29.7 Å². The summed E-state index contributed by atoms with van der Waals surface area (Å²) in [5.74, 6) is 0. The van der Waals surface area contributed by atoms with Crippen LogP contribution in [0.5, 0.6) is 0 Å². The Morgan fingerprint density at radius 2 is 0.571 bits per heavy atom. The van der Waals surface area contributed by atoms with E-state index in [1.54, 1.807) is 49.6 Å². The Balaban J connectivity index is 0. The van der Waals surface area contributed by atoms with Gasteiger partial charge in [0.1, 0.15) is 0 Å². The van der Waals surface area contributed by atoms with Crippen LogP contribution in [0.4, 0.5) is 0 Å². The number of pyridine rings is 4. The third kappa shape index (κ3) is 25.1. The molecule has 0 spiro atoms. The van der Waals surface area contributed by atoms with E-state index in [1.165, 1.54) is 5.40 Å². The summed E-state index contributed by atoms with van der Waals surface area (Å²) in [5, 5.41) is 8.47. The molecule has 5 nitrogen and oxygen atoms in total. The molecule has 0 saturated heterocycles. The summed E-state index contributed by atoms with van der Waals surface area (Å²) in [6.45, 7) is 0.